The molecule has 35 heavy (non-hydrogen) atoms. The minimum absolute atomic E-state index is 0.0482. The zero-order chi connectivity index (χ0) is 24.6. The molecule has 0 bridgehead atoms. The van der Waals surface area contributed by atoms with Crippen LogP contribution in [0.15, 0.2) is 6.07 Å². The van der Waals surface area contributed by atoms with Gasteiger partial charge in [-0.25, -0.2) is 4.98 Å². The molecule has 4 aliphatic rings. The summed E-state index contributed by atoms with van der Waals surface area (Å²) in [6.45, 7) is 4.01. The number of nitrogens with zero attached hydrogens (tertiary/aromatic N) is 3. The lowest BCUT2D eigenvalue weighted by molar-refractivity contribution is -0.251. The van der Waals surface area contributed by atoms with Crippen LogP contribution in [-0.4, -0.2) is 71.2 Å². The lowest BCUT2D eigenvalue weighted by Crippen LogP contribution is -2.57. The summed E-state index contributed by atoms with van der Waals surface area (Å²) in [5, 5.41) is 0.137. The molecule has 2 aliphatic carbocycles. The molecule has 3 unspecified atom stereocenters. The Labute approximate surface area is 212 Å². The Bertz CT molecular complexity index is 968. The molecule has 1 aromatic heterocycles. The average molecular weight is 506 g/mol. The maximum atomic E-state index is 14.1. The van der Waals surface area contributed by atoms with Crippen LogP contribution in [0.1, 0.15) is 81.8 Å². The SMILES string of the molecule is C[C@H](Oc1cc(Cl)nc(C(=O)C2CCCCC3(CCCCC34OCCO4)C2=O)n1)C1CCCN1C. The first kappa shape index (κ1) is 25.1. The van der Waals surface area contributed by atoms with E-state index >= 15 is 0 Å². The molecule has 4 atom stereocenters. The van der Waals surface area contributed by atoms with Gasteiger partial charge in [-0.05, 0) is 59.0 Å². The fourth-order valence-corrected chi connectivity index (χ4v) is 7.02. The first-order valence-electron chi connectivity index (χ1n) is 13.1. The predicted molar refractivity (Wildman–Crippen MR) is 130 cm³/mol. The summed E-state index contributed by atoms with van der Waals surface area (Å²) < 4.78 is 18.4. The topological polar surface area (TPSA) is 90.8 Å². The third-order valence-electron chi connectivity index (χ3n) is 8.61. The number of fused-ring (bicyclic) bond motifs is 1. The summed E-state index contributed by atoms with van der Waals surface area (Å²) in [5.41, 5.74) is -0.794. The van der Waals surface area contributed by atoms with E-state index in [-0.39, 0.29) is 40.6 Å². The summed E-state index contributed by atoms with van der Waals surface area (Å²) in [6, 6.07) is 1.82. The van der Waals surface area contributed by atoms with Crippen molar-refractivity contribution >= 4 is 23.2 Å². The van der Waals surface area contributed by atoms with Crippen molar-refractivity contribution < 1.29 is 23.8 Å². The maximum absolute atomic E-state index is 14.1. The second-order valence-corrected chi connectivity index (χ2v) is 11.0. The number of ether oxygens (including phenoxy) is 3. The van der Waals surface area contributed by atoms with Gasteiger partial charge in [0.25, 0.3) is 0 Å². The molecule has 0 aromatic carbocycles. The zero-order valence-corrected chi connectivity index (χ0v) is 21.5. The molecule has 0 amide bonds. The van der Waals surface area contributed by atoms with Crippen molar-refractivity contribution in [2.24, 2.45) is 11.3 Å². The minimum atomic E-state index is -0.905. The molecule has 8 nitrogen and oxygen atoms in total. The van der Waals surface area contributed by atoms with Crippen LogP contribution in [-0.2, 0) is 14.3 Å². The van der Waals surface area contributed by atoms with E-state index in [2.05, 4.69) is 21.9 Å². The number of likely N-dealkylation sites (tertiary alicyclic amines) is 1. The van der Waals surface area contributed by atoms with Crippen LogP contribution >= 0.6 is 11.6 Å². The van der Waals surface area contributed by atoms with Crippen LogP contribution in [0.25, 0.3) is 0 Å². The molecule has 0 radical (unpaired) electrons. The van der Waals surface area contributed by atoms with E-state index in [0.29, 0.717) is 38.9 Å². The van der Waals surface area contributed by atoms with Gasteiger partial charge in [-0.3, -0.25) is 14.5 Å². The van der Waals surface area contributed by atoms with Crippen LogP contribution in [0, 0.1) is 11.3 Å². The molecule has 4 fully saturated rings. The molecule has 192 valence electrons. The predicted octanol–water partition coefficient (Wildman–Crippen LogP) is 4.24. The van der Waals surface area contributed by atoms with Crippen molar-refractivity contribution in [2.75, 3.05) is 26.8 Å². The maximum Gasteiger partial charge on any atom is 0.218 e. The third-order valence-corrected chi connectivity index (χ3v) is 8.80. The molecule has 2 aliphatic heterocycles. The highest BCUT2D eigenvalue weighted by Gasteiger charge is 2.62. The highest BCUT2D eigenvalue weighted by atomic mass is 35.5. The number of halogens is 1. The van der Waals surface area contributed by atoms with Crippen molar-refractivity contribution in [3.05, 3.63) is 17.0 Å². The van der Waals surface area contributed by atoms with E-state index in [1.165, 1.54) is 6.07 Å². The summed E-state index contributed by atoms with van der Waals surface area (Å²) >= 11 is 6.30. The molecule has 2 spiro atoms. The Morgan fingerprint density at radius 3 is 2.54 bits per heavy atom. The smallest absolute Gasteiger partial charge is 0.218 e. The number of Topliss-reactive ketones (excluding diaryl/α,β-unsaturated/α-hetero) is 2. The van der Waals surface area contributed by atoms with E-state index < -0.39 is 17.1 Å². The standard InChI is InChI=1S/C26H36ClN3O5/c1-17(19-9-7-13-30(19)2)35-21-16-20(27)28-24(29-21)22(31)18-8-3-4-10-25(23(18)32)11-5-6-12-26(25)33-14-15-34-26/h16-19H,3-15H2,1-2H3/t17-,18?,19?,25?/m0/s1. The Morgan fingerprint density at radius 1 is 1.11 bits per heavy atom. The summed E-state index contributed by atoms with van der Waals surface area (Å²) in [4.78, 5) is 38.8. The van der Waals surface area contributed by atoms with Gasteiger partial charge < -0.3 is 14.2 Å². The van der Waals surface area contributed by atoms with Crippen molar-refractivity contribution in [2.45, 2.75) is 89.1 Å². The molecule has 2 saturated heterocycles. The van der Waals surface area contributed by atoms with Crippen molar-refractivity contribution in [3.63, 3.8) is 0 Å². The van der Waals surface area contributed by atoms with E-state index in [4.69, 9.17) is 25.8 Å². The number of rotatable bonds is 5. The van der Waals surface area contributed by atoms with Crippen LogP contribution < -0.4 is 4.74 Å². The largest absolute Gasteiger partial charge is 0.473 e. The number of carbonyl (C=O) groups is 2. The second kappa shape index (κ2) is 10.0. The van der Waals surface area contributed by atoms with Gasteiger partial charge in [-0.1, -0.05) is 30.9 Å². The van der Waals surface area contributed by atoms with Gasteiger partial charge in [-0.2, -0.15) is 4.98 Å². The lowest BCUT2D eigenvalue weighted by Gasteiger charge is -2.49. The van der Waals surface area contributed by atoms with Crippen LogP contribution in [0.4, 0.5) is 0 Å². The van der Waals surface area contributed by atoms with Crippen LogP contribution in [0.3, 0.4) is 0 Å². The Hall–Kier alpha value is -1.61. The van der Waals surface area contributed by atoms with E-state index in [1.54, 1.807) is 0 Å². The number of hydrogen-bond donors (Lipinski definition) is 0. The number of ketones is 2. The molecular weight excluding hydrogens is 470 g/mol. The summed E-state index contributed by atoms with van der Waals surface area (Å²) in [6.07, 6.45) is 8.15. The zero-order valence-electron chi connectivity index (χ0n) is 20.8. The minimum Gasteiger partial charge on any atom is -0.473 e. The molecular formula is C26H36ClN3O5. The average Bonchev–Trinajstić information content (AvgIpc) is 3.45. The van der Waals surface area contributed by atoms with E-state index in [9.17, 15) is 9.59 Å². The third kappa shape index (κ3) is 4.52. The van der Waals surface area contributed by atoms with Crippen molar-refractivity contribution in [1.29, 1.82) is 0 Å². The quantitative estimate of drug-likeness (QED) is 0.333. The second-order valence-electron chi connectivity index (χ2n) is 10.6. The van der Waals surface area contributed by atoms with E-state index in [1.807, 2.05) is 6.92 Å². The number of hydrogen-bond acceptors (Lipinski definition) is 8. The van der Waals surface area contributed by atoms with E-state index in [0.717, 1.165) is 45.1 Å². The van der Waals surface area contributed by atoms with Gasteiger partial charge >= 0.3 is 0 Å². The molecule has 9 heteroatoms. The van der Waals surface area contributed by atoms with Gasteiger partial charge in [-0.15, -0.1) is 0 Å². The fraction of sp³-hybridized carbons (Fsp3) is 0.769. The molecule has 1 aromatic rings. The Kier molecular flexibility index (Phi) is 7.19. The molecule has 5 rings (SSSR count). The van der Waals surface area contributed by atoms with Crippen LogP contribution in [0.2, 0.25) is 5.15 Å². The number of aromatic nitrogens is 2. The van der Waals surface area contributed by atoms with Gasteiger partial charge in [0.15, 0.2) is 11.6 Å². The first-order valence-corrected chi connectivity index (χ1v) is 13.5. The monoisotopic (exact) mass is 505 g/mol. The highest BCUT2D eigenvalue weighted by molar-refractivity contribution is 6.29. The van der Waals surface area contributed by atoms with Gasteiger partial charge in [0.05, 0.1) is 24.5 Å². The summed E-state index contributed by atoms with van der Waals surface area (Å²) in [7, 11) is 2.09. The first-order chi connectivity index (χ1) is 16.9. The van der Waals surface area contributed by atoms with Crippen molar-refractivity contribution in [1.82, 2.24) is 14.9 Å². The van der Waals surface area contributed by atoms with Gasteiger partial charge in [0.1, 0.15) is 11.3 Å². The normalized spacial score (nSPS) is 32.1. The fourth-order valence-electron chi connectivity index (χ4n) is 6.85. The Balaban J connectivity index is 1.41. The molecule has 3 heterocycles. The number of likely N-dealkylation sites (N-methyl/N-ethyl adjacent to an activating group) is 1. The van der Waals surface area contributed by atoms with Gasteiger partial charge in [0.2, 0.25) is 17.5 Å². The van der Waals surface area contributed by atoms with Gasteiger partial charge in [0, 0.05) is 18.5 Å². The molecule has 2 saturated carbocycles. The molecule has 0 N–H and O–H groups in total. The van der Waals surface area contributed by atoms with Crippen molar-refractivity contribution in [3.8, 4) is 5.88 Å². The van der Waals surface area contributed by atoms with Crippen LogP contribution in [0.5, 0.6) is 5.88 Å². The lowest BCUT2D eigenvalue weighted by atomic mass is 9.62. The summed E-state index contributed by atoms with van der Waals surface area (Å²) in [5.74, 6) is -1.97. The number of carbonyl (C=O) groups excluding carboxylic acids is 2. The highest BCUT2D eigenvalue weighted by Crippen LogP contribution is 2.55. The Morgan fingerprint density at radius 2 is 1.83 bits per heavy atom.